The lowest BCUT2D eigenvalue weighted by Crippen LogP contribution is -2.34. The second kappa shape index (κ2) is 12.1. The monoisotopic (exact) mass is 689 g/mol. The molecule has 4 heteroatoms. The van der Waals surface area contributed by atoms with Crippen LogP contribution in [0.15, 0.2) is 200 Å². The van der Waals surface area contributed by atoms with E-state index in [0.717, 1.165) is 39.4 Å². The Kier molecular flexibility index (Phi) is 6.82. The quantitative estimate of drug-likeness (QED) is 0.165. The molecule has 0 aliphatic carbocycles. The third-order valence-electron chi connectivity index (χ3n) is 10.8. The van der Waals surface area contributed by atoms with Crippen molar-refractivity contribution in [3.63, 3.8) is 0 Å². The summed E-state index contributed by atoms with van der Waals surface area (Å²) in [5.74, 6) is 0.903. The van der Waals surface area contributed by atoms with Crippen molar-refractivity contribution in [3.8, 4) is 39.6 Å². The molecule has 8 aromatic carbocycles. The summed E-state index contributed by atoms with van der Waals surface area (Å²) in [5, 5.41) is 6.05. The Morgan fingerprint density at radius 2 is 0.963 bits per heavy atom. The maximum Gasteiger partial charge on any atom is 0.336 e. The Morgan fingerprint density at radius 1 is 0.370 bits per heavy atom. The lowest BCUT2D eigenvalue weighted by Gasteiger charge is -2.12. The minimum atomic E-state index is 0.903. The van der Waals surface area contributed by atoms with Crippen LogP contribution in [0.1, 0.15) is 0 Å². The molecule has 3 heterocycles. The molecule has 0 aliphatic heterocycles. The van der Waals surface area contributed by atoms with Gasteiger partial charge in [0, 0.05) is 33.3 Å². The lowest BCUT2D eigenvalue weighted by atomic mass is 10.0. The van der Waals surface area contributed by atoms with Gasteiger partial charge in [0.25, 0.3) is 0 Å². The van der Waals surface area contributed by atoms with Crippen LogP contribution in [0.5, 0.6) is 0 Å². The molecule has 11 rings (SSSR count). The van der Waals surface area contributed by atoms with Crippen LogP contribution in [0.3, 0.4) is 0 Å². The molecule has 4 nitrogen and oxygen atoms in total. The highest BCUT2D eigenvalue weighted by atomic mass is 15.1. The SMILES string of the molecule is c1ccc(-c2nc3ccccc3c[n+]2-c2cccc(-n3c4ccccc4c4ccc(-c5ccc6c(c5)c5ccccc5n6-c5ccccc5)cc43)c2)cc1. The van der Waals surface area contributed by atoms with Gasteiger partial charge in [-0.1, -0.05) is 109 Å². The van der Waals surface area contributed by atoms with Crippen LogP contribution in [0.2, 0.25) is 0 Å². The van der Waals surface area contributed by atoms with E-state index in [2.05, 4.69) is 202 Å². The summed E-state index contributed by atoms with van der Waals surface area (Å²) in [6, 6.07) is 69.5. The molecule has 0 unspecified atom stereocenters. The van der Waals surface area contributed by atoms with Crippen molar-refractivity contribution in [1.82, 2.24) is 14.1 Å². The highest BCUT2D eigenvalue weighted by molar-refractivity contribution is 6.12. The number of para-hydroxylation sites is 4. The molecule has 0 amide bonds. The fourth-order valence-corrected chi connectivity index (χ4v) is 8.27. The zero-order chi connectivity index (χ0) is 35.6. The van der Waals surface area contributed by atoms with Gasteiger partial charge in [0.05, 0.1) is 38.7 Å². The summed E-state index contributed by atoms with van der Waals surface area (Å²) in [4.78, 5) is 5.17. The van der Waals surface area contributed by atoms with Crippen molar-refractivity contribution in [2.45, 2.75) is 0 Å². The second-order valence-electron chi connectivity index (χ2n) is 13.9. The third kappa shape index (κ3) is 4.78. The maximum atomic E-state index is 5.17. The molecule has 0 aliphatic rings. The van der Waals surface area contributed by atoms with Gasteiger partial charge in [0.15, 0.2) is 5.52 Å². The Bertz CT molecular complexity index is 3210. The van der Waals surface area contributed by atoms with Crippen LogP contribution >= 0.6 is 0 Å². The van der Waals surface area contributed by atoms with E-state index in [1.165, 1.54) is 54.7 Å². The van der Waals surface area contributed by atoms with Crippen LogP contribution in [0, 0.1) is 0 Å². The lowest BCUT2D eigenvalue weighted by molar-refractivity contribution is -0.585. The minimum absolute atomic E-state index is 0.903. The minimum Gasteiger partial charge on any atom is -0.309 e. The highest BCUT2D eigenvalue weighted by Gasteiger charge is 2.21. The number of hydrogen-bond acceptors (Lipinski definition) is 1. The van der Waals surface area contributed by atoms with Gasteiger partial charge in [-0.2, -0.15) is 4.57 Å². The van der Waals surface area contributed by atoms with Crippen molar-refractivity contribution in [2.24, 2.45) is 0 Å². The van der Waals surface area contributed by atoms with Gasteiger partial charge in [-0.25, -0.2) is 0 Å². The molecular formula is C50H33N4+. The number of benzene rings is 8. The number of hydrogen-bond donors (Lipinski definition) is 0. The summed E-state index contributed by atoms with van der Waals surface area (Å²) in [5.41, 5.74) is 12.5. The molecule has 0 spiro atoms. The van der Waals surface area contributed by atoms with Crippen LogP contribution < -0.4 is 4.57 Å². The molecule has 0 radical (unpaired) electrons. The van der Waals surface area contributed by atoms with Gasteiger partial charge < -0.3 is 9.13 Å². The van der Waals surface area contributed by atoms with Gasteiger partial charge in [-0.3, -0.25) is 0 Å². The zero-order valence-electron chi connectivity index (χ0n) is 29.3. The molecular weight excluding hydrogens is 657 g/mol. The normalized spacial score (nSPS) is 11.7. The molecule has 0 saturated carbocycles. The van der Waals surface area contributed by atoms with Gasteiger partial charge in [-0.15, -0.1) is 0 Å². The first kappa shape index (κ1) is 30.3. The summed E-state index contributed by atoms with van der Waals surface area (Å²) in [6.45, 7) is 0. The fourth-order valence-electron chi connectivity index (χ4n) is 8.27. The summed E-state index contributed by atoms with van der Waals surface area (Å²) >= 11 is 0. The Labute approximate surface area is 312 Å². The molecule has 3 aromatic heterocycles. The van der Waals surface area contributed by atoms with Gasteiger partial charge in [0.2, 0.25) is 0 Å². The average molecular weight is 690 g/mol. The smallest absolute Gasteiger partial charge is 0.309 e. The standard InChI is InChI=1S/C50H33N4/c1-3-14-34(15-4-1)50-51-45-23-10-7-16-37(45)33-52(50)39-19-13-20-40(32-39)54-46-24-11-8-21-41(46)43-28-26-36(31-49(43)54)35-27-29-48-44(30-35)42-22-9-12-25-47(42)53(48)38-17-5-2-6-18-38/h1-33H/q+1. The van der Waals surface area contributed by atoms with Crippen molar-refractivity contribution in [3.05, 3.63) is 200 Å². The predicted molar refractivity (Wildman–Crippen MR) is 223 cm³/mol. The van der Waals surface area contributed by atoms with E-state index in [4.69, 9.17) is 4.98 Å². The van der Waals surface area contributed by atoms with Gasteiger partial charge in [0.1, 0.15) is 11.9 Å². The van der Waals surface area contributed by atoms with Crippen molar-refractivity contribution < 1.29 is 4.57 Å². The molecule has 0 saturated heterocycles. The largest absolute Gasteiger partial charge is 0.336 e. The van der Waals surface area contributed by atoms with E-state index >= 15 is 0 Å². The molecule has 0 fully saturated rings. The van der Waals surface area contributed by atoms with E-state index in [1.807, 2.05) is 12.1 Å². The predicted octanol–water partition coefficient (Wildman–Crippen LogP) is 12.0. The van der Waals surface area contributed by atoms with E-state index in [0.29, 0.717) is 0 Å². The topological polar surface area (TPSA) is 26.6 Å². The molecule has 252 valence electrons. The number of aromatic nitrogens is 4. The van der Waals surface area contributed by atoms with Gasteiger partial charge >= 0.3 is 5.82 Å². The first-order valence-corrected chi connectivity index (χ1v) is 18.4. The van der Waals surface area contributed by atoms with Gasteiger partial charge in [-0.05, 0) is 95.0 Å². The molecule has 11 aromatic rings. The Morgan fingerprint density at radius 3 is 1.78 bits per heavy atom. The molecule has 0 N–H and O–H groups in total. The van der Waals surface area contributed by atoms with E-state index in [1.54, 1.807) is 0 Å². The van der Waals surface area contributed by atoms with Crippen molar-refractivity contribution in [1.29, 1.82) is 0 Å². The number of nitrogens with zero attached hydrogens (tertiary/aromatic N) is 4. The maximum absolute atomic E-state index is 5.17. The first-order valence-electron chi connectivity index (χ1n) is 18.4. The van der Waals surface area contributed by atoms with Crippen LogP contribution in [-0.2, 0) is 0 Å². The molecule has 0 atom stereocenters. The van der Waals surface area contributed by atoms with E-state index < -0.39 is 0 Å². The Hall–Kier alpha value is -7.30. The number of rotatable bonds is 5. The van der Waals surface area contributed by atoms with Crippen molar-refractivity contribution >= 4 is 54.5 Å². The van der Waals surface area contributed by atoms with Crippen LogP contribution in [0.4, 0.5) is 0 Å². The Balaban J connectivity index is 1.10. The summed E-state index contributed by atoms with van der Waals surface area (Å²) in [7, 11) is 0. The second-order valence-corrected chi connectivity index (χ2v) is 13.9. The van der Waals surface area contributed by atoms with E-state index in [-0.39, 0.29) is 0 Å². The third-order valence-corrected chi connectivity index (χ3v) is 10.8. The molecule has 0 bridgehead atoms. The van der Waals surface area contributed by atoms with E-state index in [9.17, 15) is 0 Å². The highest BCUT2D eigenvalue weighted by Crippen LogP contribution is 2.38. The first-order chi connectivity index (χ1) is 26.8. The summed E-state index contributed by atoms with van der Waals surface area (Å²) < 4.78 is 7.01. The zero-order valence-corrected chi connectivity index (χ0v) is 29.3. The number of fused-ring (bicyclic) bond motifs is 7. The fraction of sp³-hybridized carbons (Fsp3) is 0. The molecule has 54 heavy (non-hydrogen) atoms. The van der Waals surface area contributed by atoms with Crippen LogP contribution in [0.25, 0.3) is 94.1 Å². The average Bonchev–Trinajstić information content (AvgIpc) is 3.76. The summed E-state index contributed by atoms with van der Waals surface area (Å²) in [6.07, 6.45) is 2.21. The van der Waals surface area contributed by atoms with Crippen LogP contribution in [-0.4, -0.2) is 14.1 Å². The van der Waals surface area contributed by atoms with Crippen molar-refractivity contribution in [2.75, 3.05) is 0 Å².